The van der Waals surface area contributed by atoms with Gasteiger partial charge in [-0.1, -0.05) is 19.3 Å². The van der Waals surface area contributed by atoms with Crippen molar-refractivity contribution >= 4 is 5.91 Å². The lowest BCUT2D eigenvalue weighted by Gasteiger charge is -2.22. The van der Waals surface area contributed by atoms with Crippen LogP contribution in [0.4, 0.5) is 0 Å². The summed E-state index contributed by atoms with van der Waals surface area (Å²) in [6, 6.07) is 3.84. The summed E-state index contributed by atoms with van der Waals surface area (Å²) in [6.45, 7) is 0. The first-order valence-electron chi connectivity index (χ1n) is 5.96. The Kier molecular flexibility index (Phi) is 3.71. The molecule has 1 aromatic heterocycles. The van der Waals surface area contributed by atoms with Crippen LogP contribution in [-0.4, -0.2) is 16.9 Å². The summed E-state index contributed by atoms with van der Waals surface area (Å²) in [7, 11) is 0. The van der Waals surface area contributed by atoms with Gasteiger partial charge in [-0.15, -0.1) is 0 Å². The predicted molar refractivity (Wildman–Crippen MR) is 63.3 cm³/mol. The molecule has 0 saturated heterocycles. The minimum atomic E-state index is -0.157. The van der Waals surface area contributed by atoms with Crippen molar-refractivity contribution in [3.8, 4) is 6.07 Å². The van der Waals surface area contributed by atoms with Gasteiger partial charge in [-0.3, -0.25) is 9.78 Å². The third-order valence-electron chi connectivity index (χ3n) is 3.13. The number of nitrogens with one attached hydrogen (secondary N) is 1. The maximum atomic E-state index is 12.0. The molecule has 0 aliphatic heterocycles. The molecule has 0 spiro atoms. The van der Waals surface area contributed by atoms with Crippen LogP contribution in [0.5, 0.6) is 0 Å². The molecule has 1 heterocycles. The second kappa shape index (κ2) is 5.44. The standard InChI is InChI=1S/C13H15N3O/c14-8-10-9-15-7-6-12(10)13(17)16-11-4-2-1-3-5-11/h6-7,9,11H,1-5H2,(H,16,17). The SMILES string of the molecule is N#Cc1cnccc1C(=O)NC1CCCCC1. The van der Waals surface area contributed by atoms with Crippen molar-refractivity contribution in [1.82, 2.24) is 10.3 Å². The number of hydrogen-bond acceptors (Lipinski definition) is 3. The molecule has 4 nitrogen and oxygen atoms in total. The van der Waals surface area contributed by atoms with Crippen LogP contribution in [0.3, 0.4) is 0 Å². The van der Waals surface area contributed by atoms with E-state index in [0.717, 1.165) is 12.8 Å². The van der Waals surface area contributed by atoms with Gasteiger partial charge in [-0.25, -0.2) is 0 Å². The second-order valence-electron chi connectivity index (χ2n) is 4.34. The number of nitrogens with zero attached hydrogens (tertiary/aromatic N) is 2. The Hall–Kier alpha value is -1.89. The van der Waals surface area contributed by atoms with Gasteiger partial charge in [-0.2, -0.15) is 5.26 Å². The predicted octanol–water partition coefficient (Wildman–Crippen LogP) is 2.02. The minimum Gasteiger partial charge on any atom is -0.349 e. The van der Waals surface area contributed by atoms with Gasteiger partial charge in [0.25, 0.3) is 5.91 Å². The van der Waals surface area contributed by atoms with E-state index in [1.165, 1.54) is 31.7 Å². The van der Waals surface area contributed by atoms with E-state index in [0.29, 0.717) is 11.1 Å². The highest BCUT2D eigenvalue weighted by molar-refractivity contribution is 5.96. The van der Waals surface area contributed by atoms with Gasteiger partial charge >= 0.3 is 0 Å². The lowest BCUT2D eigenvalue weighted by Crippen LogP contribution is -2.36. The molecule has 1 saturated carbocycles. The zero-order valence-corrected chi connectivity index (χ0v) is 9.65. The quantitative estimate of drug-likeness (QED) is 0.843. The average molecular weight is 229 g/mol. The highest BCUT2D eigenvalue weighted by atomic mass is 16.1. The van der Waals surface area contributed by atoms with E-state index < -0.39 is 0 Å². The summed E-state index contributed by atoms with van der Waals surface area (Å²) in [5.41, 5.74) is 0.758. The molecule has 0 atom stereocenters. The number of pyridine rings is 1. The van der Waals surface area contributed by atoms with E-state index in [4.69, 9.17) is 5.26 Å². The lowest BCUT2D eigenvalue weighted by molar-refractivity contribution is 0.0927. The molecule has 1 aliphatic carbocycles. The van der Waals surface area contributed by atoms with Gasteiger partial charge in [-0.05, 0) is 18.9 Å². The third-order valence-corrected chi connectivity index (χ3v) is 3.13. The number of carbonyl (C=O) groups excluding carboxylic acids is 1. The summed E-state index contributed by atoms with van der Waals surface area (Å²) in [5.74, 6) is -0.157. The number of aromatic nitrogens is 1. The third kappa shape index (κ3) is 2.82. The van der Waals surface area contributed by atoms with Crippen LogP contribution in [0.15, 0.2) is 18.5 Å². The Morgan fingerprint density at radius 2 is 2.18 bits per heavy atom. The first-order valence-corrected chi connectivity index (χ1v) is 5.96. The average Bonchev–Trinajstić information content (AvgIpc) is 2.40. The smallest absolute Gasteiger partial charge is 0.252 e. The van der Waals surface area contributed by atoms with Crippen LogP contribution in [-0.2, 0) is 0 Å². The molecule has 1 aliphatic rings. The van der Waals surface area contributed by atoms with E-state index in [9.17, 15) is 4.79 Å². The molecular weight excluding hydrogens is 214 g/mol. The minimum absolute atomic E-state index is 0.157. The van der Waals surface area contributed by atoms with Gasteiger partial charge in [0.1, 0.15) is 6.07 Å². The molecule has 0 unspecified atom stereocenters. The molecule has 1 aromatic rings. The number of nitriles is 1. The van der Waals surface area contributed by atoms with Crippen molar-refractivity contribution in [3.63, 3.8) is 0 Å². The molecule has 4 heteroatoms. The van der Waals surface area contributed by atoms with Crippen molar-refractivity contribution in [2.75, 3.05) is 0 Å². The molecule has 17 heavy (non-hydrogen) atoms. The first kappa shape index (κ1) is 11.6. The van der Waals surface area contributed by atoms with Gasteiger partial charge in [0.05, 0.1) is 11.1 Å². The summed E-state index contributed by atoms with van der Waals surface area (Å²) in [4.78, 5) is 15.8. The molecular formula is C13H15N3O. The fourth-order valence-electron chi connectivity index (χ4n) is 2.19. The highest BCUT2D eigenvalue weighted by Crippen LogP contribution is 2.18. The maximum Gasteiger partial charge on any atom is 0.252 e. The molecule has 0 aromatic carbocycles. The molecule has 0 bridgehead atoms. The van der Waals surface area contributed by atoms with Crippen molar-refractivity contribution < 1.29 is 4.79 Å². The van der Waals surface area contributed by atoms with Crippen LogP contribution >= 0.6 is 0 Å². The number of rotatable bonds is 2. The number of amides is 1. The van der Waals surface area contributed by atoms with Crippen LogP contribution in [0.1, 0.15) is 48.0 Å². The summed E-state index contributed by atoms with van der Waals surface area (Å²) >= 11 is 0. The van der Waals surface area contributed by atoms with Crippen molar-refractivity contribution in [2.24, 2.45) is 0 Å². The fraction of sp³-hybridized carbons (Fsp3) is 0.462. The first-order chi connectivity index (χ1) is 8.31. The Morgan fingerprint density at radius 1 is 1.41 bits per heavy atom. The van der Waals surface area contributed by atoms with E-state index in [2.05, 4.69) is 10.3 Å². The monoisotopic (exact) mass is 229 g/mol. The van der Waals surface area contributed by atoms with E-state index in [1.807, 2.05) is 6.07 Å². The lowest BCUT2D eigenvalue weighted by atomic mass is 9.95. The summed E-state index contributed by atoms with van der Waals surface area (Å²) < 4.78 is 0. The van der Waals surface area contributed by atoms with Crippen molar-refractivity contribution in [1.29, 1.82) is 5.26 Å². The summed E-state index contributed by atoms with van der Waals surface area (Å²) in [5, 5.41) is 11.9. The largest absolute Gasteiger partial charge is 0.349 e. The number of hydrogen-bond donors (Lipinski definition) is 1. The van der Waals surface area contributed by atoms with Gasteiger partial charge < -0.3 is 5.32 Å². The molecule has 2 rings (SSSR count). The number of carbonyl (C=O) groups is 1. The van der Waals surface area contributed by atoms with E-state index in [1.54, 1.807) is 6.07 Å². The summed E-state index contributed by atoms with van der Waals surface area (Å²) in [6.07, 6.45) is 8.65. The van der Waals surface area contributed by atoms with E-state index in [-0.39, 0.29) is 11.9 Å². The van der Waals surface area contributed by atoms with Crippen LogP contribution in [0.25, 0.3) is 0 Å². The van der Waals surface area contributed by atoms with Crippen LogP contribution in [0.2, 0.25) is 0 Å². The molecule has 0 radical (unpaired) electrons. The molecule has 1 fully saturated rings. The fourth-order valence-corrected chi connectivity index (χ4v) is 2.19. The van der Waals surface area contributed by atoms with Crippen LogP contribution in [0, 0.1) is 11.3 Å². The molecule has 88 valence electrons. The molecule has 1 N–H and O–H groups in total. The Labute approximate surface area is 101 Å². The zero-order valence-electron chi connectivity index (χ0n) is 9.65. The second-order valence-corrected chi connectivity index (χ2v) is 4.34. The van der Waals surface area contributed by atoms with Crippen molar-refractivity contribution in [3.05, 3.63) is 29.6 Å². The topological polar surface area (TPSA) is 65.8 Å². The van der Waals surface area contributed by atoms with Gasteiger partial charge in [0, 0.05) is 18.4 Å². The zero-order chi connectivity index (χ0) is 12.1. The van der Waals surface area contributed by atoms with Crippen molar-refractivity contribution in [2.45, 2.75) is 38.1 Å². The van der Waals surface area contributed by atoms with E-state index >= 15 is 0 Å². The highest BCUT2D eigenvalue weighted by Gasteiger charge is 2.18. The van der Waals surface area contributed by atoms with Crippen LogP contribution < -0.4 is 5.32 Å². The van der Waals surface area contributed by atoms with Gasteiger partial charge in [0.2, 0.25) is 0 Å². The normalized spacial score (nSPS) is 16.2. The Morgan fingerprint density at radius 3 is 2.88 bits per heavy atom. The Bertz CT molecular complexity index is 444. The maximum absolute atomic E-state index is 12.0. The van der Waals surface area contributed by atoms with Gasteiger partial charge in [0.15, 0.2) is 0 Å². The molecule has 1 amide bonds. The Balaban J connectivity index is 2.06.